The standard InChI is InChI=1S/C26H26N4O2S/c1-19-2-4-20(5-3-19)17-30-24-16-27-11-10-23(24)28-26(30)33-18-21-6-8-22(9-7-21)25(31)29-12-14-32-15-13-29/h2-11,16H,12-15,17-18H2,1H3. The molecule has 0 bridgehead atoms. The molecular formula is C26H26N4O2S. The van der Waals surface area contributed by atoms with Gasteiger partial charge in [0.1, 0.15) is 0 Å². The fourth-order valence-corrected chi connectivity index (χ4v) is 4.90. The summed E-state index contributed by atoms with van der Waals surface area (Å²) in [6.45, 7) is 5.38. The van der Waals surface area contributed by atoms with Gasteiger partial charge >= 0.3 is 0 Å². The first-order valence-electron chi connectivity index (χ1n) is 11.1. The van der Waals surface area contributed by atoms with E-state index in [0.29, 0.717) is 26.3 Å². The highest BCUT2D eigenvalue weighted by Gasteiger charge is 2.18. The molecule has 33 heavy (non-hydrogen) atoms. The Kier molecular flexibility index (Phi) is 6.41. The van der Waals surface area contributed by atoms with Crippen LogP contribution in [0.4, 0.5) is 0 Å². The van der Waals surface area contributed by atoms with Crippen molar-refractivity contribution >= 4 is 28.7 Å². The van der Waals surface area contributed by atoms with Gasteiger partial charge in [-0.2, -0.15) is 0 Å². The lowest BCUT2D eigenvalue weighted by molar-refractivity contribution is 0.0303. The maximum atomic E-state index is 12.7. The van der Waals surface area contributed by atoms with Crippen molar-refractivity contribution in [2.75, 3.05) is 26.3 Å². The van der Waals surface area contributed by atoms with Gasteiger partial charge in [-0.05, 0) is 36.2 Å². The summed E-state index contributed by atoms with van der Waals surface area (Å²) in [4.78, 5) is 23.7. The Morgan fingerprint density at radius 2 is 1.73 bits per heavy atom. The van der Waals surface area contributed by atoms with E-state index in [9.17, 15) is 4.79 Å². The summed E-state index contributed by atoms with van der Waals surface area (Å²) in [5, 5.41) is 0.965. The van der Waals surface area contributed by atoms with Crippen molar-refractivity contribution in [1.82, 2.24) is 19.4 Å². The summed E-state index contributed by atoms with van der Waals surface area (Å²) in [6.07, 6.45) is 3.66. The Labute approximate surface area is 197 Å². The van der Waals surface area contributed by atoms with Crippen LogP contribution in [0.15, 0.2) is 72.1 Å². The fraction of sp³-hybridized carbons (Fsp3) is 0.269. The number of aromatic nitrogens is 3. The number of carbonyl (C=O) groups excluding carboxylic acids is 1. The van der Waals surface area contributed by atoms with Gasteiger partial charge in [-0.25, -0.2) is 4.98 Å². The molecule has 2 aromatic carbocycles. The zero-order chi connectivity index (χ0) is 22.6. The Morgan fingerprint density at radius 3 is 2.48 bits per heavy atom. The molecule has 5 rings (SSSR count). The van der Waals surface area contributed by atoms with Crippen LogP contribution in [0, 0.1) is 6.92 Å². The third kappa shape index (κ3) is 4.94. The number of benzene rings is 2. The molecule has 2 aromatic heterocycles. The Balaban J connectivity index is 1.32. The fourth-order valence-electron chi connectivity index (χ4n) is 3.93. The number of amides is 1. The summed E-state index contributed by atoms with van der Waals surface area (Å²) < 4.78 is 7.57. The van der Waals surface area contributed by atoms with E-state index in [1.807, 2.05) is 41.4 Å². The SMILES string of the molecule is Cc1ccc(Cn2c(SCc3ccc(C(=O)N4CCOCC4)cc3)nc3ccncc32)cc1. The van der Waals surface area contributed by atoms with Crippen LogP contribution in [0.25, 0.3) is 11.0 Å². The Bertz CT molecular complexity index is 1250. The number of aryl methyl sites for hydroxylation is 1. The molecule has 0 aliphatic carbocycles. The van der Waals surface area contributed by atoms with E-state index in [0.717, 1.165) is 39.6 Å². The lowest BCUT2D eigenvalue weighted by Crippen LogP contribution is -2.40. The second-order valence-electron chi connectivity index (χ2n) is 8.22. The van der Waals surface area contributed by atoms with Crippen molar-refractivity contribution in [2.24, 2.45) is 0 Å². The number of thioether (sulfide) groups is 1. The van der Waals surface area contributed by atoms with Gasteiger partial charge in [-0.15, -0.1) is 0 Å². The molecule has 0 N–H and O–H groups in total. The van der Waals surface area contributed by atoms with Crippen LogP contribution >= 0.6 is 11.8 Å². The molecular weight excluding hydrogens is 432 g/mol. The maximum absolute atomic E-state index is 12.7. The first-order chi connectivity index (χ1) is 16.2. The molecule has 3 heterocycles. The van der Waals surface area contributed by atoms with Crippen molar-refractivity contribution in [2.45, 2.75) is 24.4 Å². The normalized spacial score (nSPS) is 14.0. The second kappa shape index (κ2) is 9.77. The molecule has 1 aliphatic rings. The lowest BCUT2D eigenvalue weighted by Gasteiger charge is -2.26. The highest BCUT2D eigenvalue weighted by atomic mass is 32.2. The summed E-state index contributed by atoms with van der Waals surface area (Å²) >= 11 is 1.70. The van der Waals surface area contributed by atoms with Crippen molar-refractivity contribution in [3.63, 3.8) is 0 Å². The van der Waals surface area contributed by atoms with Crippen LogP contribution in [-0.2, 0) is 17.0 Å². The van der Waals surface area contributed by atoms with Gasteiger partial charge in [0, 0.05) is 30.6 Å². The first-order valence-corrected chi connectivity index (χ1v) is 12.1. The molecule has 1 amide bonds. The summed E-state index contributed by atoms with van der Waals surface area (Å²) in [5.41, 5.74) is 6.35. The van der Waals surface area contributed by atoms with Gasteiger partial charge < -0.3 is 14.2 Å². The molecule has 168 valence electrons. The monoisotopic (exact) mass is 458 g/mol. The number of fused-ring (bicyclic) bond motifs is 1. The summed E-state index contributed by atoms with van der Waals surface area (Å²) in [7, 11) is 0. The van der Waals surface area contributed by atoms with Gasteiger partial charge in [0.2, 0.25) is 0 Å². The van der Waals surface area contributed by atoms with E-state index >= 15 is 0 Å². The van der Waals surface area contributed by atoms with E-state index in [2.05, 4.69) is 40.7 Å². The molecule has 1 fully saturated rings. The topological polar surface area (TPSA) is 60.2 Å². The minimum Gasteiger partial charge on any atom is -0.378 e. The van der Waals surface area contributed by atoms with Crippen molar-refractivity contribution in [3.8, 4) is 0 Å². The molecule has 6 nitrogen and oxygen atoms in total. The highest BCUT2D eigenvalue weighted by Crippen LogP contribution is 2.27. The van der Waals surface area contributed by atoms with E-state index in [-0.39, 0.29) is 5.91 Å². The van der Waals surface area contributed by atoms with E-state index in [4.69, 9.17) is 9.72 Å². The minimum atomic E-state index is 0.0740. The van der Waals surface area contributed by atoms with Gasteiger partial charge in [0.05, 0.1) is 37.0 Å². The second-order valence-corrected chi connectivity index (χ2v) is 9.16. The molecule has 1 saturated heterocycles. The predicted molar refractivity (Wildman–Crippen MR) is 131 cm³/mol. The third-order valence-electron chi connectivity index (χ3n) is 5.84. The number of ether oxygens (including phenoxy) is 1. The van der Waals surface area contributed by atoms with Crippen LogP contribution in [0.5, 0.6) is 0 Å². The van der Waals surface area contributed by atoms with E-state index < -0.39 is 0 Å². The third-order valence-corrected chi connectivity index (χ3v) is 6.89. The molecule has 7 heteroatoms. The molecule has 0 atom stereocenters. The van der Waals surface area contributed by atoms with Crippen LogP contribution in [0.2, 0.25) is 0 Å². The highest BCUT2D eigenvalue weighted by molar-refractivity contribution is 7.98. The van der Waals surface area contributed by atoms with Gasteiger partial charge in [-0.3, -0.25) is 9.78 Å². The Morgan fingerprint density at radius 1 is 1.00 bits per heavy atom. The lowest BCUT2D eigenvalue weighted by atomic mass is 10.1. The largest absolute Gasteiger partial charge is 0.378 e. The number of pyridine rings is 1. The number of imidazole rings is 1. The van der Waals surface area contributed by atoms with Gasteiger partial charge in [0.15, 0.2) is 5.16 Å². The van der Waals surface area contributed by atoms with Gasteiger partial charge in [0.25, 0.3) is 5.91 Å². The summed E-state index contributed by atoms with van der Waals surface area (Å²) in [5.74, 6) is 0.848. The van der Waals surface area contributed by atoms with Crippen molar-refractivity contribution in [1.29, 1.82) is 0 Å². The molecule has 4 aromatic rings. The van der Waals surface area contributed by atoms with Crippen LogP contribution in [0.3, 0.4) is 0 Å². The molecule has 0 saturated carbocycles. The van der Waals surface area contributed by atoms with E-state index in [1.54, 1.807) is 18.0 Å². The first kappa shape index (κ1) is 21.7. The van der Waals surface area contributed by atoms with Gasteiger partial charge in [-0.1, -0.05) is 53.7 Å². The number of morpholine rings is 1. The molecule has 0 radical (unpaired) electrons. The zero-order valence-electron chi connectivity index (χ0n) is 18.6. The molecule has 0 unspecified atom stereocenters. The van der Waals surface area contributed by atoms with Crippen LogP contribution in [-0.4, -0.2) is 51.6 Å². The smallest absolute Gasteiger partial charge is 0.254 e. The quantitative estimate of drug-likeness (QED) is 0.397. The summed E-state index contributed by atoms with van der Waals surface area (Å²) in [6, 6.07) is 18.5. The number of hydrogen-bond donors (Lipinski definition) is 0. The molecule has 1 aliphatic heterocycles. The predicted octanol–water partition coefficient (Wildman–Crippen LogP) is 4.55. The average Bonchev–Trinajstić information content (AvgIpc) is 3.22. The van der Waals surface area contributed by atoms with Crippen LogP contribution in [0.1, 0.15) is 27.0 Å². The zero-order valence-corrected chi connectivity index (χ0v) is 19.4. The number of nitrogens with zero attached hydrogens (tertiary/aromatic N) is 4. The van der Waals surface area contributed by atoms with Crippen molar-refractivity contribution < 1.29 is 9.53 Å². The van der Waals surface area contributed by atoms with Crippen molar-refractivity contribution in [3.05, 3.63) is 89.2 Å². The number of hydrogen-bond acceptors (Lipinski definition) is 5. The Hall–Kier alpha value is -3.16. The maximum Gasteiger partial charge on any atom is 0.254 e. The van der Waals surface area contributed by atoms with Crippen LogP contribution < -0.4 is 0 Å². The number of rotatable bonds is 6. The minimum absolute atomic E-state index is 0.0740. The number of carbonyl (C=O) groups is 1. The molecule has 0 spiro atoms. The van der Waals surface area contributed by atoms with E-state index in [1.165, 1.54) is 11.1 Å². The average molecular weight is 459 g/mol.